The van der Waals surface area contributed by atoms with Gasteiger partial charge in [-0.15, -0.1) is 5.41 Å². The fourth-order valence-electron chi connectivity index (χ4n) is 1.82. The largest absolute Gasteiger partial charge is 0.294 e. The predicted molar refractivity (Wildman–Crippen MR) is 71.7 cm³/mol. The molecule has 0 saturated carbocycles. The zero-order chi connectivity index (χ0) is 13.7. The van der Waals surface area contributed by atoms with E-state index in [9.17, 15) is 4.79 Å². The third kappa shape index (κ3) is 3.88. The second-order valence-corrected chi connectivity index (χ2v) is 4.67. The van der Waals surface area contributed by atoms with E-state index in [-0.39, 0.29) is 23.5 Å². The van der Waals surface area contributed by atoms with E-state index in [0.717, 1.165) is 6.42 Å². The lowest BCUT2D eigenvalue weighted by atomic mass is 9.95. The van der Waals surface area contributed by atoms with Crippen LogP contribution in [0, 0.1) is 16.7 Å². The van der Waals surface area contributed by atoms with Crippen LogP contribution in [0.5, 0.6) is 0 Å². The second kappa shape index (κ2) is 6.42. The second-order valence-electron chi connectivity index (χ2n) is 4.67. The van der Waals surface area contributed by atoms with Gasteiger partial charge in [-0.05, 0) is 20.3 Å². The summed E-state index contributed by atoms with van der Waals surface area (Å²) in [4.78, 5) is 11.4. The minimum Gasteiger partial charge on any atom is -0.294 e. The molecule has 17 heavy (non-hydrogen) atoms. The van der Waals surface area contributed by atoms with E-state index in [1.807, 2.05) is 27.7 Å². The Kier molecular flexibility index (Phi) is 5.93. The molecule has 0 bridgehead atoms. The van der Waals surface area contributed by atoms with Crippen LogP contribution in [-0.4, -0.2) is 33.7 Å². The highest BCUT2D eigenvalue weighted by Gasteiger charge is 2.27. The molecule has 0 aromatic heterocycles. The highest BCUT2D eigenvalue weighted by atomic mass is 16.1. The summed E-state index contributed by atoms with van der Waals surface area (Å²) in [6.45, 7) is 11.0. The van der Waals surface area contributed by atoms with Crippen molar-refractivity contribution in [1.29, 1.82) is 10.8 Å². The topological polar surface area (TPSA) is 67.8 Å². The van der Waals surface area contributed by atoms with Crippen molar-refractivity contribution in [3.05, 3.63) is 0 Å². The molecule has 2 N–H and O–H groups in total. The molecule has 4 heteroatoms. The number of nitrogens with zero attached hydrogens (tertiary/aromatic N) is 1. The van der Waals surface area contributed by atoms with Gasteiger partial charge in [0.1, 0.15) is 11.4 Å². The molecule has 0 fully saturated rings. The van der Waals surface area contributed by atoms with Crippen molar-refractivity contribution in [2.75, 3.05) is 0 Å². The third-order valence-electron chi connectivity index (χ3n) is 2.82. The lowest BCUT2D eigenvalue weighted by Crippen LogP contribution is -2.41. The average Bonchev–Trinajstić information content (AvgIpc) is 2.22. The minimum atomic E-state index is -0.243. The Morgan fingerprint density at radius 3 is 1.88 bits per heavy atom. The van der Waals surface area contributed by atoms with Gasteiger partial charge >= 0.3 is 0 Å². The number of ketones is 1. The van der Waals surface area contributed by atoms with Crippen molar-refractivity contribution in [1.82, 2.24) is 0 Å². The molecule has 0 amide bonds. The van der Waals surface area contributed by atoms with Gasteiger partial charge < -0.3 is 0 Å². The molecule has 0 aliphatic carbocycles. The SMILES string of the molecule is CCC(C)C(C(=N)C(C)=O)=[N+](C(C)=N)C(C)C. The van der Waals surface area contributed by atoms with Gasteiger partial charge in [-0.2, -0.15) is 0 Å². The van der Waals surface area contributed by atoms with E-state index in [0.29, 0.717) is 11.5 Å². The Labute approximate surface area is 104 Å². The minimum absolute atomic E-state index is 0.0275. The fraction of sp³-hybridized carbons (Fsp3) is 0.692. The summed E-state index contributed by atoms with van der Waals surface area (Å²) in [5, 5.41) is 15.7. The Bertz CT molecular complexity index is 367. The van der Waals surface area contributed by atoms with Crippen LogP contribution in [0.4, 0.5) is 0 Å². The molecule has 1 unspecified atom stereocenters. The maximum absolute atomic E-state index is 11.4. The van der Waals surface area contributed by atoms with Crippen LogP contribution in [0.2, 0.25) is 0 Å². The summed E-state index contributed by atoms with van der Waals surface area (Å²) in [6, 6.07) is 0.0798. The summed E-state index contributed by atoms with van der Waals surface area (Å²) in [5.41, 5.74) is 0.696. The fourth-order valence-corrected chi connectivity index (χ4v) is 1.82. The maximum Gasteiger partial charge on any atom is 0.286 e. The van der Waals surface area contributed by atoms with E-state index < -0.39 is 0 Å². The summed E-state index contributed by atoms with van der Waals surface area (Å²) in [5.74, 6) is 0.239. The third-order valence-corrected chi connectivity index (χ3v) is 2.82. The molecule has 0 rings (SSSR count). The highest BCUT2D eigenvalue weighted by Crippen LogP contribution is 2.09. The van der Waals surface area contributed by atoms with Gasteiger partial charge in [0, 0.05) is 19.8 Å². The number of hydrogen-bond donors (Lipinski definition) is 2. The molecule has 1 atom stereocenters. The van der Waals surface area contributed by atoms with Gasteiger partial charge in [0.25, 0.3) is 5.84 Å². The first-order chi connectivity index (χ1) is 7.73. The van der Waals surface area contributed by atoms with Crippen molar-refractivity contribution in [2.24, 2.45) is 5.92 Å². The van der Waals surface area contributed by atoms with Crippen LogP contribution in [0.1, 0.15) is 48.0 Å². The van der Waals surface area contributed by atoms with Crippen LogP contribution >= 0.6 is 0 Å². The number of hydrogen-bond acceptors (Lipinski definition) is 3. The van der Waals surface area contributed by atoms with Gasteiger partial charge in [-0.25, -0.2) is 4.58 Å². The molecule has 0 aliphatic heterocycles. The Morgan fingerprint density at radius 1 is 1.18 bits per heavy atom. The molecule has 96 valence electrons. The standard InChI is InChI=1S/C13H24N3O/c1-7-9(4)13(12(15)10(5)17)16(8(2)3)11(6)14/h8-9,14-15H,7H2,1-6H3/q+1. The van der Waals surface area contributed by atoms with Gasteiger partial charge in [0.2, 0.25) is 0 Å². The molecule has 0 heterocycles. The molecule has 0 aromatic rings. The molecule has 0 spiro atoms. The van der Waals surface area contributed by atoms with Gasteiger partial charge in [-0.1, -0.05) is 13.8 Å². The van der Waals surface area contributed by atoms with Crippen LogP contribution in [-0.2, 0) is 4.79 Å². The summed E-state index contributed by atoms with van der Waals surface area (Å²) in [7, 11) is 0. The summed E-state index contributed by atoms with van der Waals surface area (Å²) >= 11 is 0. The molecule has 0 saturated heterocycles. The van der Waals surface area contributed by atoms with Crippen molar-refractivity contribution < 1.29 is 9.37 Å². The zero-order valence-electron chi connectivity index (χ0n) is 11.7. The Hall–Kier alpha value is -1.32. The smallest absolute Gasteiger partial charge is 0.286 e. The monoisotopic (exact) mass is 238 g/mol. The number of Topliss-reactive ketones (excluding diaryl/α,β-unsaturated/α-hetero) is 1. The number of amidine groups is 1. The first kappa shape index (κ1) is 15.7. The molecule has 0 aliphatic rings. The number of carbonyl (C=O) groups is 1. The highest BCUT2D eigenvalue weighted by molar-refractivity contribution is 6.65. The first-order valence-electron chi connectivity index (χ1n) is 6.05. The van der Waals surface area contributed by atoms with E-state index in [2.05, 4.69) is 0 Å². The van der Waals surface area contributed by atoms with E-state index in [4.69, 9.17) is 10.8 Å². The molecule has 4 nitrogen and oxygen atoms in total. The zero-order valence-corrected chi connectivity index (χ0v) is 11.7. The first-order valence-corrected chi connectivity index (χ1v) is 6.05. The number of rotatable bonds is 5. The predicted octanol–water partition coefficient (Wildman–Crippen LogP) is 2.50. The average molecular weight is 238 g/mol. The Morgan fingerprint density at radius 2 is 1.65 bits per heavy atom. The van der Waals surface area contributed by atoms with Gasteiger partial charge in [0.15, 0.2) is 5.78 Å². The van der Waals surface area contributed by atoms with Crippen molar-refractivity contribution in [3.63, 3.8) is 0 Å². The maximum atomic E-state index is 11.4. The van der Waals surface area contributed by atoms with Crippen LogP contribution in [0.25, 0.3) is 0 Å². The lowest BCUT2D eigenvalue weighted by molar-refractivity contribution is -0.447. The van der Waals surface area contributed by atoms with Crippen LogP contribution in [0.15, 0.2) is 0 Å². The van der Waals surface area contributed by atoms with Gasteiger partial charge in [-0.3, -0.25) is 10.2 Å². The van der Waals surface area contributed by atoms with Crippen molar-refractivity contribution >= 4 is 23.0 Å². The lowest BCUT2D eigenvalue weighted by Gasteiger charge is -2.19. The Balaban J connectivity index is 5.87. The van der Waals surface area contributed by atoms with Crippen LogP contribution in [0.3, 0.4) is 0 Å². The van der Waals surface area contributed by atoms with Gasteiger partial charge in [0.05, 0.1) is 6.04 Å². The molecular formula is C13H24N3O+. The van der Waals surface area contributed by atoms with Crippen LogP contribution < -0.4 is 0 Å². The molecule has 0 radical (unpaired) electrons. The van der Waals surface area contributed by atoms with E-state index in [1.54, 1.807) is 11.5 Å². The number of carbonyl (C=O) groups excluding carboxylic acids is 1. The molecular weight excluding hydrogens is 214 g/mol. The summed E-state index contributed by atoms with van der Waals surface area (Å²) < 4.78 is 1.78. The number of nitrogens with one attached hydrogen (secondary N) is 2. The van der Waals surface area contributed by atoms with E-state index >= 15 is 0 Å². The van der Waals surface area contributed by atoms with Crippen molar-refractivity contribution in [3.8, 4) is 0 Å². The normalized spacial score (nSPS) is 14.3. The molecule has 0 aromatic carbocycles. The van der Waals surface area contributed by atoms with E-state index in [1.165, 1.54) is 6.92 Å². The summed E-state index contributed by atoms with van der Waals surface area (Å²) in [6.07, 6.45) is 0.849. The quantitative estimate of drug-likeness (QED) is 0.431. The van der Waals surface area contributed by atoms with Crippen molar-refractivity contribution in [2.45, 2.75) is 54.0 Å².